The predicted octanol–water partition coefficient (Wildman–Crippen LogP) is 3.59. The van der Waals surface area contributed by atoms with Crippen LogP contribution in [0.15, 0.2) is 42.5 Å². The smallest absolute Gasteiger partial charge is 0.242 e. The summed E-state index contributed by atoms with van der Waals surface area (Å²) in [4.78, 5) is 27.0. The monoisotopic (exact) mass is 513 g/mol. The number of benzene rings is 2. The van der Waals surface area contributed by atoms with Crippen LogP contribution in [-0.4, -0.2) is 50.5 Å². The molecule has 192 valence electrons. The van der Waals surface area contributed by atoms with Gasteiger partial charge in [0.1, 0.15) is 11.9 Å². The van der Waals surface area contributed by atoms with E-state index in [4.69, 9.17) is 0 Å². The molecule has 0 spiro atoms. The number of sulfonamides is 1. The summed E-state index contributed by atoms with van der Waals surface area (Å²) >= 11 is 0. The number of anilines is 1. The van der Waals surface area contributed by atoms with Gasteiger partial charge in [0.05, 0.1) is 11.9 Å². The number of hydrogen-bond acceptors (Lipinski definition) is 4. The van der Waals surface area contributed by atoms with Crippen LogP contribution in [0.4, 0.5) is 18.9 Å². The van der Waals surface area contributed by atoms with Crippen molar-refractivity contribution in [1.82, 2.24) is 10.2 Å². The Morgan fingerprint density at radius 2 is 1.69 bits per heavy atom. The standard InChI is InChI=1S/C24H30F3N3O4S/c1-4-13-28-24(32)17(2)29(16-18-7-9-19(25)10-8-18)23(31)6-5-14-30(35(3,33)34)20-11-12-21(26)22(27)15-20/h7-12,15,17H,4-6,13-14,16H2,1-3H3,(H,28,32)/t17-/m1/s1. The van der Waals surface area contributed by atoms with Crippen LogP contribution in [0.1, 0.15) is 38.7 Å². The molecule has 0 radical (unpaired) electrons. The van der Waals surface area contributed by atoms with Gasteiger partial charge in [0, 0.05) is 32.1 Å². The molecule has 2 rings (SSSR count). The minimum atomic E-state index is -3.84. The van der Waals surface area contributed by atoms with Gasteiger partial charge < -0.3 is 10.2 Å². The highest BCUT2D eigenvalue weighted by Gasteiger charge is 2.26. The molecule has 0 bridgehead atoms. The Labute approximate surface area is 204 Å². The summed E-state index contributed by atoms with van der Waals surface area (Å²) in [7, 11) is -3.84. The largest absolute Gasteiger partial charge is 0.354 e. The molecule has 0 heterocycles. The molecule has 2 amide bonds. The van der Waals surface area contributed by atoms with Gasteiger partial charge in [-0.25, -0.2) is 21.6 Å². The molecule has 0 saturated carbocycles. The van der Waals surface area contributed by atoms with E-state index in [1.165, 1.54) is 29.2 Å². The SMILES string of the molecule is CCCNC(=O)[C@@H](C)N(Cc1ccc(F)cc1)C(=O)CCCN(c1ccc(F)c(F)c1)S(C)(=O)=O. The van der Waals surface area contributed by atoms with Crippen molar-refractivity contribution in [3.05, 3.63) is 65.5 Å². The van der Waals surface area contributed by atoms with Gasteiger partial charge in [-0.2, -0.15) is 0 Å². The second-order valence-electron chi connectivity index (χ2n) is 8.15. The highest BCUT2D eigenvalue weighted by atomic mass is 32.2. The van der Waals surface area contributed by atoms with Crippen LogP contribution in [0.25, 0.3) is 0 Å². The number of nitrogens with zero attached hydrogens (tertiary/aromatic N) is 2. The molecule has 2 aromatic rings. The summed E-state index contributed by atoms with van der Waals surface area (Å²) in [6, 6.07) is 7.46. The third kappa shape index (κ3) is 8.27. The van der Waals surface area contributed by atoms with E-state index in [-0.39, 0.29) is 37.5 Å². The molecule has 1 atom stereocenters. The molecular weight excluding hydrogens is 483 g/mol. The van der Waals surface area contributed by atoms with E-state index in [9.17, 15) is 31.2 Å². The Hall–Kier alpha value is -3.08. The lowest BCUT2D eigenvalue weighted by Gasteiger charge is -2.29. The van der Waals surface area contributed by atoms with E-state index in [0.29, 0.717) is 12.1 Å². The first-order valence-electron chi connectivity index (χ1n) is 11.2. The van der Waals surface area contributed by atoms with Crippen LogP contribution in [0.5, 0.6) is 0 Å². The summed E-state index contributed by atoms with van der Waals surface area (Å²) in [6.45, 7) is 3.82. The number of rotatable bonds is 12. The second-order valence-corrected chi connectivity index (χ2v) is 10.1. The van der Waals surface area contributed by atoms with E-state index in [0.717, 1.165) is 35.2 Å². The van der Waals surface area contributed by atoms with Gasteiger partial charge in [-0.05, 0) is 49.6 Å². The zero-order chi connectivity index (χ0) is 26.2. The Balaban J connectivity index is 2.16. The third-order valence-electron chi connectivity index (χ3n) is 5.33. The van der Waals surface area contributed by atoms with E-state index in [1.54, 1.807) is 6.92 Å². The van der Waals surface area contributed by atoms with Crippen molar-refractivity contribution < 1.29 is 31.2 Å². The van der Waals surface area contributed by atoms with Gasteiger partial charge in [0.15, 0.2) is 11.6 Å². The first kappa shape index (κ1) is 28.2. The lowest BCUT2D eigenvalue weighted by atomic mass is 10.1. The molecule has 0 aliphatic carbocycles. The average Bonchev–Trinajstić information content (AvgIpc) is 2.80. The van der Waals surface area contributed by atoms with Crippen LogP contribution in [0, 0.1) is 17.5 Å². The van der Waals surface area contributed by atoms with Crippen molar-refractivity contribution in [2.24, 2.45) is 0 Å². The van der Waals surface area contributed by atoms with Crippen molar-refractivity contribution >= 4 is 27.5 Å². The van der Waals surface area contributed by atoms with E-state index >= 15 is 0 Å². The zero-order valence-electron chi connectivity index (χ0n) is 19.9. The summed E-state index contributed by atoms with van der Waals surface area (Å²) in [5, 5.41) is 2.74. The number of amides is 2. The normalized spacial score (nSPS) is 12.2. The van der Waals surface area contributed by atoms with Gasteiger partial charge in [0.25, 0.3) is 0 Å². The molecule has 7 nitrogen and oxygen atoms in total. The molecule has 11 heteroatoms. The molecular formula is C24H30F3N3O4S. The fraction of sp³-hybridized carbons (Fsp3) is 0.417. The Kier molecular flexibility index (Phi) is 10.1. The van der Waals surface area contributed by atoms with Gasteiger partial charge in [0.2, 0.25) is 21.8 Å². The minimum Gasteiger partial charge on any atom is -0.354 e. The fourth-order valence-electron chi connectivity index (χ4n) is 3.41. The summed E-state index contributed by atoms with van der Waals surface area (Å²) in [5.74, 6) is -3.48. The van der Waals surface area contributed by atoms with Gasteiger partial charge in [-0.1, -0.05) is 19.1 Å². The van der Waals surface area contributed by atoms with Crippen LogP contribution >= 0.6 is 0 Å². The summed E-state index contributed by atoms with van der Waals surface area (Å²) in [6.07, 6.45) is 1.60. The Morgan fingerprint density at radius 1 is 1.03 bits per heavy atom. The van der Waals surface area contributed by atoms with Crippen molar-refractivity contribution in [2.75, 3.05) is 23.7 Å². The minimum absolute atomic E-state index is 0.0544. The molecule has 35 heavy (non-hydrogen) atoms. The predicted molar refractivity (Wildman–Crippen MR) is 127 cm³/mol. The highest BCUT2D eigenvalue weighted by Crippen LogP contribution is 2.21. The van der Waals surface area contributed by atoms with E-state index in [1.807, 2.05) is 6.92 Å². The van der Waals surface area contributed by atoms with Crippen molar-refractivity contribution in [2.45, 2.75) is 45.7 Å². The molecule has 0 aromatic heterocycles. The van der Waals surface area contributed by atoms with Gasteiger partial charge in [-0.3, -0.25) is 13.9 Å². The van der Waals surface area contributed by atoms with E-state index in [2.05, 4.69) is 5.32 Å². The summed E-state index contributed by atoms with van der Waals surface area (Å²) in [5.41, 5.74) is 0.559. The number of hydrogen-bond donors (Lipinski definition) is 1. The number of carbonyl (C=O) groups excluding carboxylic acids is 2. The number of halogens is 3. The maximum atomic E-state index is 13.7. The van der Waals surface area contributed by atoms with Gasteiger partial charge >= 0.3 is 0 Å². The molecule has 0 fully saturated rings. The maximum Gasteiger partial charge on any atom is 0.242 e. The van der Waals surface area contributed by atoms with Crippen LogP contribution in [0.3, 0.4) is 0 Å². The Morgan fingerprint density at radius 3 is 2.26 bits per heavy atom. The molecule has 0 aliphatic rings. The molecule has 1 N–H and O–H groups in total. The molecule has 0 unspecified atom stereocenters. The van der Waals surface area contributed by atoms with Crippen LogP contribution in [-0.2, 0) is 26.2 Å². The zero-order valence-corrected chi connectivity index (χ0v) is 20.7. The van der Waals surface area contributed by atoms with Gasteiger partial charge in [-0.15, -0.1) is 0 Å². The lowest BCUT2D eigenvalue weighted by Crippen LogP contribution is -2.47. The van der Waals surface area contributed by atoms with Crippen molar-refractivity contribution in [3.8, 4) is 0 Å². The molecule has 0 aliphatic heterocycles. The first-order chi connectivity index (χ1) is 16.4. The number of nitrogens with one attached hydrogen (secondary N) is 1. The lowest BCUT2D eigenvalue weighted by molar-refractivity contribution is -0.140. The highest BCUT2D eigenvalue weighted by molar-refractivity contribution is 7.92. The third-order valence-corrected chi connectivity index (χ3v) is 6.52. The summed E-state index contributed by atoms with van der Waals surface area (Å²) < 4.78 is 65.6. The van der Waals surface area contributed by atoms with Crippen LogP contribution < -0.4 is 9.62 Å². The molecule has 2 aromatic carbocycles. The maximum absolute atomic E-state index is 13.7. The second kappa shape index (κ2) is 12.6. The average molecular weight is 514 g/mol. The fourth-order valence-corrected chi connectivity index (χ4v) is 4.37. The Bertz CT molecular complexity index is 1130. The molecule has 0 saturated heterocycles. The first-order valence-corrected chi connectivity index (χ1v) is 13.0. The van der Waals surface area contributed by atoms with Crippen LogP contribution in [0.2, 0.25) is 0 Å². The van der Waals surface area contributed by atoms with Crippen molar-refractivity contribution in [3.63, 3.8) is 0 Å². The topological polar surface area (TPSA) is 86.8 Å². The van der Waals surface area contributed by atoms with Crippen molar-refractivity contribution in [1.29, 1.82) is 0 Å². The van der Waals surface area contributed by atoms with E-state index < -0.39 is 39.4 Å². The quantitative estimate of drug-likeness (QED) is 0.470. The number of carbonyl (C=O) groups is 2.